The summed E-state index contributed by atoms with van der Waals surface area (Å²) in [5, 5.41) is 10.2. The molecule has 0 aromatic heterocycles. The Kier molecular flexibility index (Phi) is 6.22. The molecule has 1 unspecified atom stereocenters. The zero-order valence-electron chi connectivity index (χ0n) is 18.4. The summed E-state index contributed by atoms with van der Waals surface area (Å²) in [4.78, 5) is 4.99. The van der Waals surface area contributed by atoms with Crippen LogP contribution < -0.4 is 0 Å². The van der Waals surface area contributed by atoms with Gasteiger partial charge in [-0.1, -0.05) is 47.5 Å². The summed E-state index contributed by atoms with van der Waals surface area (Å²) in [5.74, 6) is 0.259. The molecule has 29 heavy (non-hydrogen) atoms. The number of aromatic hydroxyl groups is 1. The Morgan fingerprint density at radius 1 is 0.793 bits per heavy atom. The molecule has 150 valence electrons. The molecule has 3 aromatic rings. The summed E-state index contributed by atoms with van der Waals surface area (Å²) < 4.78 is 0. The molecule has 0 radical (unpaired) electrons. The molecular formula is C27H31NO. The Morgan fingerprint density at radius 3 is 1.86 bits per heavy atom. The zero-order valence-corrected chi connectivity index (χ0v) is 18.4. The number of para-hydroxylation sites is 1. The lowest BCUT2D eigenvalue weighted by molar-refractivity contribution is 0.474. The lowest BCUT2D eigenvalue weighted by Crippen LogP contribution is -2.08. The van der Waals surface area contributed by atoms with Crippen molar-refractivity contribution in [3.8, 4) is 5.75 Å². The van der Waals surface area contributed by atoms with E-state index in [1.165, 1.54) is 44.5 Å². The average molecular weight is 386 g/mol. The zero-order chi connectivity index (χ0) is 21.1. The first kappa shape index (κ1) is 20.9. The fourth-order valence-corrected chi connectivity index (χ4v) is 4.44. The Morgan fingerprint density at radius 2 is 1.31 bits per heavy atom. The van der Waals surface area contributed by atoms with Gasteiger partial charge in [-0.2, -0.15) is 0 Å². The van der Waals surface area contributed by atoms with Crippen molar-refractivity contribution in [2.75, 3.05) is 0 Å². The van der Waals surface area contributed by atoms with Crippen LogP contribution in [-0.2, 0) is 6.42 Å². The highest BCUT2D eigenvalue weighted by atomic mass is 16.3. The lowest BCUT2D eigenvalue weighted by atomic mass is 9.87. The van der Waals surface area contributed by atoms with Crippen LogP contribution in [0.3, 0.4) is 0 Å². The highest BCUT2D eigenvalue weighted by molar-refractivity contribution is 5.83. The summed E-state index contributed by atoms with van der Waals surface area (Å²) in [6, 6.07) is 16.3. The number of aryl methyl sites for hydroxylation is 6. The topological polar surface area (TPSA) is 32.6 Å². The van der Waals surface area contributed by atoms with Crippen LogP contribution in [0.2, 0.25) is 0 Å². The third kappa shape index (κ3) is 4.76. The Bertz CT molecular complexity index is 1020. The van der Waals surface area contributed by atoms with Gasteiger partial charge in [0.15, 0.2) is 0 Å². The van der Waals surface area contributed by atoms with Gasteiger partial charge >= 0.3 is 0 Å². The molecule has 0 saturated heterocycles. The average Bonchev–Trinajstić information content (AvgIpc) is 2.62. The van der Waals surface area contributed by atoms with Gasteiger partial charge in [-0.15, -0.1) is 0 Å². The van der Waals surface area contributed by atoms with E-state index >= 15 is 0 Å². The first-order chi connectivity index (χ1) is 13.8. The number of phenols is 1. The molecule has 3 rings (SSSR count). The van der Waals surface area contributed by atoms with Gasteiger partial charge in [0.05, 0.1) is 6.04 Å². The van der Waals surface area contributed by atoms with Crippen molar-refractivity contribution < 1.29 is 5.11 Å². The van der Waals surface area contributed by atoms with Gasteiger partial charge < -0.3 is 5.11 Å². The predicted molar refractivity (Wildman–Crippen MR) is 123 cm³/mol. The molecule has 2 nitrogen and oxygen atoms in total. The first-order valence-corrected chi connectivity index (χ1v) is 10.2. The molecule has 2 heteroatoms. The molecule has 1 N–H and O–H groups in total. The normalized spacial score (nSPS) is 12.5. The summed E-state index contributed by atoms with van der Waals surface area (Å²) >= 11 is 0. The second kappa shape index (κ2) is 8.65. The number of hydrogen-bond donors (Lipinski definition) is 1. The van der Waals surface area contributed by atoms with Gasteiger partial charge in [-0.3, -0.25) is 4.99 Å². The predicted octanol–water partition coefficient (Wildman–Crippen LogP) is 6.65. The van der Waals surface area contributed by atoms with E-state index < -0.39 is 0 Å². The Hall–Kier alpha value is -2.87. The van der Waals surface area contributed by atoms with E-state index in [2.05, 4.69) is 65.8 Å². The van der Waals surface area contributed by atoms with Crippen LogP contribution in [0.25, 0.3) is 0 Å². The summed E-state index contributed by atoms with van der Waals surface area (Å²) in [6.07, 6.45) is 2.66. The van der Waals surface area contributed by atoms with E-state index in [1.807, 2.05) is 24.4 Å². The Labute approximate surface area is 175 Å². The van der Waals surface area contributed by atoms with E-state index in [9.17, 15) is 5.11 Å². The van der Waals surface area contributed by atoms with Crippen molar-refractivity contribution >= 4 is 6.21 Å². The molecule has 0 bridgehead atoms. The maximum atomic E-state index is 10.2. The summed E-state index contributed by atoms with van der Waals surface area (Å²) in [6.45, 7) is 13.0. The lowest BCUT2D eigenvalue weighted by Gasteiger charge is -2.21. The number of benzene rings is 3. The summed E-state index contributed by atoms with van der Waals surface area (Å²) in [7, 11) is 0. The fourth-order valence-electron chi connectivity index (χ4n) is 4.44. The molecule has 0 aliphatic rings. The van der Waals surface area contributed by atoms with E-state index in [0.29, 0.717) is 0 Å². The Balaban J connectivity index is 2.09. The van der Waals surface area contributed by atoms with Crippen molar-refractivity contribution in [2.45, 2.75) is 54.0 Å². The summed E-state index contributed by atoms with van der Waals surface area (Å²) in [5.41, 5.74) is 11.1. The second-order valence-electron chi connectivity index (χ2n) is 8.25. The largest absolute Gasteiger partial charge is 0.507 e. The minimum atomic E-state index is -0.00434. The van der Waals surface area contributed by atoms with Crippen LogP contribution >= 0.6 is 0 Å². The van der Waals surface area contributed by atoms with Gasteiger partial charge in [-0.05, 0) is 93.5 Å². The van der Waals surface area contributed by atoms with Crippen molar-refractivity contribution in [3.63, 3.8) is 0 Å². The van der Waals surface area contributed by atoms with Gasteiger partial charge in [-0.25, -0.2) is 0 Å². The van der Waals surface area contributed by atoms with Crippen LogP contribution in [0.5, 0.6) is 5.75 Å². The van der Waals surface area contributed by atoms with Crippen LogP contribution in [0.15, 0.2) is 53.5 Å². The van der Waals surface area contributed by atoms with Crippen LogP contribution in [0.4, 0.5) is 0 Å². The molecule has 0 saturated carbocycles. The molecule has 3 aromatic carbocycles. The molecule has 0 fully saturated rings. The van der Waals surface area contributed by atoms with Crippen molar-refractivity contribution in [3.05, 3.63) is 98.6 Å². The SMILES string of the molecule is Cc1cc(C)c(CC(N=Cc2ccccc2O)c2c(C)cc(C)cc2C)c(C)c1. The molecule has 0 aliphatic heterocycles. The molecule has 0 spiro atoms. The number of rotatable bonds is 5. The van der Waals surface area contributed by atoms with Gasteiger partial charge in [0, 0.05) is 11.8 Å². The quantitative estimate of drug-likeness (QED) is 0.490. The monoisotopic (exact) mass is 385 g/mol. The van der Waals surface area contributed by atoms with Crippen molar-refractivity contribution in [1.29, 1.82) is 0 Å². The van der Waals surface area contributed by atoms with E-state index in [0.717, 1.165) is 12.0 Å². The van der Waals surface area contributed by atoms with E-state index in [-0.39, 0.29) is 11.8 Å². The number of hydrogen-bond acceptors (Lipinski definition) is 2. The van der Waals surface area contributed by atoms with E-state index in [1.54, 1.807) is 6.07 Å². The van der Waals surface area contributed by atoms with E-state index in [4.69, 9.17) is 4.99 Å². The standard InChI is InChI=1S/C27H31NO/c1-17-11-19(3)24(20(4)12-17)15-25(27-21(5)13-18(2)14-22(27)6)28-16-23-9-7-8-10-26(23)29/h7-14,16,25,29H,15H2,1-6H3. The third-order valence-electron chi connectivity index (χ3n) is 5.64. The van der Waals surface area contributed by atoms with Crippen LogP contribution in [-0.4, -0.2) is 11.3 Å². The van der Waals surface area contributed by atoms with Crippen molar-refractivity contribution in [1.82, 2.24) is 0 Å². The molecule has 1 atom stereocenters. The maximum Gasteiger partial charge on any atom is 0.124 e. The molecule has 0 heterocycles. The number of phenolic OH excluding ortho intramolecular Hbond substituents is 1. The van der Waals surface area contributed by atoms with Gasteiger partial charge in [0.25, 0.3) is 0 Å². The van der Waals surface area contributed by atoms with Crippen LogP contribution in [0, 0.1) is 41.5 Å². The first-order valence-electron chi connectivity index (χ1n) is 10.2. The van der Waals surface area contributed by atoms with Crippen molar-refractivity contribution in [2.24, 2.45) is 4.99 Å². The molecular weight excluding hydrogens is 354 g/mol. The highest BCUT2D eigenvalue weighted by Crippen LogP contribution is 2.32. The van der Waals surface area contributed by atoms with Gasteiger partial charge in [0.1, 0.15) is 5.75 Å². The van der Waals surface area contributed by atoms with Crippen LogP contribution in [0.1, 0.15) is 56.1 Å². The second-order valence-corrected chi connectivity index (χ2v) is 8.25. The van der Waals surface area contributed by atoms with Gasteiger partial charge in [0.2, 0.25) is 0 Å². The maximum absolute atomic E-state index is 10.2. The highest BCUT2D eigenvalue weighted by Gasteiger charge is 2.18. The minimum absolute atomic E-state index is 0.00434. The fraction of sp³-hybridized carbons (Fsp3) is 0.296. The molecule has 0 amide bonds. The number of aliphatic imine (C=N–C) groups is 1. The minimum Gasteiger partial charge on any atom is -0.507 e. The third-order valence-corrected chi connectivity index (χ3v) is 5.64. The number of nitrogens with zero attached hydrogens (tertiary/aromatic N) is 1. The smallest absolute Gasteiger partial charge is 0.124 e. The molecule has 0 aliphatic carbocycles.